The molecule has 0 aliphatic carbocycles. The van der Waals surface area contributed by atoms with Crippen molar-refractivity contribution >= 4 is 5.91 Å². The standard InChI is InChI=1S/C13H26N2O3/c1-3-18-10-13(17)9-15-6-4-12(5-7-15)8-14-11(2)16/h12-13,17H,3-10H2,1-2H3,(H,14,16). The predicted molar refractivity (Wildman–Crippen MR) is 70.3 cm³/mol. The summed E-state index contributed by atoms with van der Waals surface area (Å²) in [5.41, 5.74) is 0. The van der Waals surface area contributed by atoms with Crippen LogP contribution in [0.15, 0.2) is 0 Å². The highest BCUT2D eigenvalue weighted by Gasteiger charge is 2.20. The third kappa shape index (κ3) is 6.33. The molecule has 1 aliphatic heterocycles. The van der Waals surface area contributed by atoms with Crippen LogP contribution in [0.4, 0.5) is 0 Å². The lowest BCUT2D eigenvalue weighted by Crippen LogP contribution is -2.42. The summed E-state index contributed by atoms with van der Waals surface area (Å²) < 4.78 is 5.20. The zero-order valence-electron chi connectivity index (χ0n) is 11.5. The van der Waals surface area contributed by atoms with Crippen LogP contribution >= 0.6 is 0 Å². The Morgan fingerprint density at radius 3 is 2.72 bits per heavy atom. The zero-order chi connectivity index (χ0) is 13.4. The Hall–Kier alpha value is -0.650. The highest BCUT2D eigenvalue weighted by Crippen LogP contribution is 2.16. The second-order valence-electron chi connectivity index (χ2n) is 4.99. The van der Waals surface area contributed by atoms with E-state index in [0.717, 1.165) is 32.5 Å². The largest absolute Gasteiger partial charge is 0.389 e. The average Bonchev–Trinajstić information content (AvgIpc) is 2.35. The molecule has 0 radical (unpaired) electrons. The van der Waals surface area contributed by atoms with Gasteiger partial charge in [-0.15, -0.1) is 0 Å². The molecule has 1 heterocycles. The molecule has 2 N–H and O–H groups in total. The maximum Gasteiger partial charge on any atom is 0.216 e. The molecule has 0 spiro atoms. The fourth-order valence-corrected chi connectivity index (χ4v) is 2.27. The van der Waals surface area contributed by atoms with E-state index in [1.165, 1.54) is 0 Å². The van der Waals surface area contributed by atoms with Crippen LogP contribution in [-0.2, 0) is 9.53 Å². The first-order valence-electron chi connectivity index (χ1n) is 6.84. The van der Waals surface area contributed by atoms with Crippen LogP contribution in [-0.4, -0.2) is 61.4 Å². The summed E-state index contributed by atoms with van der Waals surface area (Å²) in [6.45, 7) is 8.01. The van der Waals surface area contributed by atoms with Crippen LogP contribution in [0, 0.1) is 5.92 Å². The quantitative estimate of drug-likeness (QED) is 0.686. The first kappa shape index (κ1) is 15.4. The smallest absolute Gasteiger partial charge is 0.216 e. The second-order valence-corrected chi connectivity index (χ2v) is 4.99. The van der Waals surface area contributed by atoms with Gasteiger partial charge in [0.2, 0.25) is 5.91 Å². The van der Waals surface area contributed by atoms with E-state index < -0.39 is 6.10 Å². The van der Waals surface area contributed by atoms with Gasteiger partial charge < -0.3 is 20.1 Å². The van der Waals surface area contributed by atoms with Crippen molar-refractivity contribution in [2.45, 2.75) is 32.8 Å². The monoisotopic (exact) mass is 258 g/mol. The summed E-state index contributed by atoms with van der Waals surface area (Å²) in [6.07, 6.45) is 1.78. The number of rotatable bonds is 7. The topological polar surface area (TPSA) is 61.8 Å². The third-order valence-electron chi connectivity index (χ3n) is 3.33. The first-order valence-corrected chi connectivity index (χ1v) is 6.84. The van der Waals surface area contributed by atoms with E-state index in [-0.39, 0.29) is 5.91 Å². The van der Waals surface area contributed by atoms with Crippen LogP contribution in [0.2, 0.25) is 0 Å². The van der Waals surface area contributed by atoms with Gasteiger partial charge in [0.15, 0.2) is 0 Å². The lowest BCUT2D eigenvalue weighted by Gasteiger charge is -2.33. The van der Waals surface area contributed by atoms with Crippen molar-refractivity contribution in [2.24, 2.45) is 5.92 Å². The Morgan fingerprint density at radius 1 is 1.50 bits per heavy atom. The molecule has 1 atom stereocenters. The van der Waals surface area contributed by atoms with E-state index in [1.54, 1.807) is 6.92 Å². The Kier molecular flexibility index (Phi) is 7.23. The summed E-state index contributed by atoms with van der Waals surface area (Å²) in [7, 11) is 0. The van der Waals surface area contributed by atoms with Crippen LogP contribution in [0.1, 0.15) is 26.7 Å². The second kappa shape index (κ2) is 8.45. The number of piperidine rings is 1. The number of amides is 1. The average molecular weight is 258 g/mol. The molecule has 1 amide bonds. The molecule has 1 fully saturated rings. The number of aliphatic hydroxyl groups excluding tert-OH is 1. The van der Waals surface area contributed by atoms with Gasteiger partial charge in [-0.25, -0.2) is 0 Å². The van der Waals surface area contributed by atoms with Gasteiger partial charge in [-0.1, -0.05) is 0 Å². The highest BCUT2D eigenvalue weighted by atomic mass is 16.5. The predicted octanol–water partition coefficient (Wildman–Crippen LogP) is 0.232. The molecule has 0 aromatic heterocycles. The molecule has 18 heavy (non-hydrogen) atoms. The van der Waals surface area contributed by atoms with Crippen LogP contribution < -0.4 is 5.32 Å². The van der Waals surface area contributed by atoms with E-state index in [4.69, 9.17) is 4.74 Å². The summed E-state index contributed by atoms with van der Waals surface area (Å²) in [5, 5.41) is 12.6. The number of carbonyl (C=O) groups is 1. The van der Waals surface area contributed by atoms with E-state index in [2.05, 4.69) is 10.2 Å². The summed E-state index contributed by atoms with van der Waals surface area (Å²) in [6, 6.07) is 0. The number of carbonyl (C=O) groups excluding carboxylic acids is 1. The fourth-order valence-electron chi connectivity index (χ4n) is 2.27. The van der Waals surface area contributed by atoms with E-state index >= 15 is 0 Å². The number of ether oxygens (including phenoxy) is 1. The molecular weight excluding hydrogens is 232 g/mol. The Labute approximate surface area is 109 Å². The van der Waals surface area contributed by atoms with E-state index in [1.807, 2.05) is 6.92 Å². The van der Waals surface area contributed by atoms with Crippen molar-refractivity contribution in [1.82, 2.24) is 10.2 Å². The number of likely N-dealkylation sites (tertiary alicyclic amines) is 1. The molecule has 1 aliphatic rings. The van der Waals surface area contributed by atoms with Crippen LogP contribution in [0.5, 0.6) is 0 Å². The molecule has 1 saturated heterocycles. The van der Waals surface area contributed by atoms with E-state index in [9.17, 15) is 9.90 Å². The molecule has 0 aromatic rings. The summed E-state index contributed by atoms with van der Waals surface area (Å²) in [5.74, 6) is 0.624. The molecule has 5 nitrogen and oxygen atoms in total. The van der Waals surface area contributed by atoms with Gasteiger partial charge in [0, 0.05) is 26.6 Å². The first-order chi connectivity index (χ1) is 8.61. The third-order valence-corrected chi connectivity index (χ3v) is 3.33. The molecule has 1 unspecified atom stereocenters. The Balaban J connectivity index is 2.12. The molecule has 0 saturated carbocycles. The Morgan fingerprint density at radius 2 is 2.17 bits per heavy atom. The van der Waals surface area contributed by atoms with Crippen molar-refractivity contribution in [3.8, 4) is 0 Å². The maximum atomic E-state index is 10.8. The normalized spacial score (nSPS) is 19.7. The summed E-state index contributed by atoms with van der Waals surface area (Å²) in [4.78, 5) is 13.1. The van der Waals surface area contributed by atoms with Crippen molar-refractivity contribution < 1.29 is 14.6 Å². The lowest BCUT2D eigenvalue weighted by atomic mass is 9.96. The summed E-state index contributed by atoms with van der Waals surface area (Å²) >= 11 is 0. The van der Waals surface area contributed by atoms with Crippen molar-refractivity contribution in [3.63, 3.8) is 0 Å². The van der Waals surface area contributed by atoms with Gasteiger partial charge in [0.25, 0.3) is 0 Å². The van der Waals surface area contributed by atoms with Crippen LogP contribution in [0.25, 0.3) is 0 Å². The van der Waals surface area contributed by atoms with Gasteiger partial charge in [-0.3, -0.25) is 4.79 Å². The molecule has 5 heteroatoms. The number of β-amino-alcohol motifs (C(OH)–C–C–N with tert-alkyl or cyclic N) is 1. The van der Waals surface area contributed by atoms with Gasteiger partial charge in [-0.05, 0) is 38.8 Å². The number of nitrogens with zero attached hydrogens (tertiary/aromatic N) is 1. The molecule has 1 rings (SSSR count). The molecule has 0 aromatic carbocycles. The van der Waals surface area contributed by atoms with Crippen molar-refractivity contribution in [1.29, 1.82) is 0 Å². The van der Waals surface area contributed by atoms with Crippen LogP contribution in [0.3, 0.4) is 0 Å². The van der Waals surface area contributed by atoms with Gasteiger partial charge in [0.1, 0.15) is 0 Å². The Bertz CT molecular complexity index is 240. The molecule has 106 valence electrons. The highest BCUT2D eigenvalue weighted by molar-refractivity contribution is 5.72. The number of aliphatic hydroxyl groups is 1. The fraction of sp³-hybridized carbons (Fsp3) is 0.923. The minimum atomic E-state index is -0.392. The number of nitrogens with one attached hydrogen (secondary N) is 1. The van der Waals surface area contributed by atoms with E-state index in [0.29, 0.717) is 25.7 Å². The SMILES string of the molecule is CCOCC(O)CN1CCC(CNC(C)=O)CC1. The molecule has 0 bridgehead atoms. The van der Waals surface area contributed by atoms with Gasteiger partial charge in [-0.2, -0.15) is 0 Å². The molecular formula is C13H26N2O3. The lowest BCUT2D eigenvalue weighted by molar-refractivity contribution is -0.119. The van der Waals surface area contributed by atoms with Gasteiger partial charge >= 0.3 is 0 Å². The minimum Gasteiger partial charge on any atom is -0.389 e. The minimum absolute atomic E-state index is 0.0459. The number of hydrogen-bond donors (Lipinski definition) is 2. The van der Waals surface area contributed by atoms with Crippen molar-refractivity contribution in [3.05, 3.63) is 0 Å². The van der Waals surface area contributed by atoms with Gasteiger partial charge in [0.05, 0.1) is 12.7 Å². The maximum absolute atomic E-state index is 10.8. The van der Waals surface area contributed by atoms with Crippen molar-refractivity contribution in [2.75, 3.05) is 39.4 Å². The zero-order valence-corrected chi connectivity index (χ0v) is 11.5. The number of hydrogen-bond acceptors (Lipinski definition) is 4.